The number of anilines is 1. The summed E-state index contributed by atoms with van der Waals surface area (Å²) < 4.78 is 0. The van der Waals surface area contributed by atoms with Crippen molar-refractivity contribution in [2.45, 2.75) is 33.4 Å². The van der Waals surface area contributed by atoms with Gasteiger partial charge in [-0.05, 0) is 38.6 Å². The molecule has 6 heteroatoms. The van der Waals surface area contributed by atoms with Crippen LogP contribution in [0.5, 0.6) is 0 Å². The molecule has 1 aromatic rings. The molecular formula is C17H28N4O2. The summed E-state index contributed by atoms with van der Waals surface area (Å²) in [5.41, 5.74) is 8.68. The van der Waals surface area contributed by atoms with Crippen LogP contribution in [0, 0.1) is 12.8 Å². The first kappa shape index (κ1) is 19.1. The predicted molar refractivity (Wildman–Crippen MR) is 93.0 cm³/mol. The Bertz CT molecular complexity index is 556. The maximum absolute atomic E-state index is 12.1. The summed E-state index contributed by atoms with van der Waals surface area (Å²) in [6.45, 7) is 6.38. The second kappa shape index (κ2) is 8.64. The second-order valence-corrected chi connectivity index (χ2v) is 6.43. The summed E-state index contributed by atoms with van der Waals surface area (Å²) in [6.07, 6.45) is 0. The van der Waals surface area contributed by atoms with E-state index < -0.39 is 6.04 Å². The highest BCUT2D eigenvalue weighted by Crippen LogP contribution is 2.18. The van der Waals surface area contributed by atoms with Crippen LogP contribution in [-0.2, 0) is 16.1 Å². The van der Waals surface area contributed by atoms with E-state index >= 15 is 0 Å². The fourth-order valence-electron chi connectivity index (χ4n) is 2.10. The first-order chi connectivity index (χ1) is 10.7. The molecule has 1 atom stereocenters. The van der Waals surface area contributed by atoms with Crippen molar-refractivity contribution in [3.63, 3.8) is 0 Å². The van der Waals surface area contributed by atoms with E-state index in [0.29, 0.717) is 0 Å². The fraction of sp³-hybridized carbons (Fsp3) is 0.529. The monoisotopic (exact) mass is 320 g/mol. The summed E-state index contributed by atoms with van der Waals surface area (Å²) in [6, 6.07) is 5.27. The molecule has 0 aliphatic carbocycles. The first-order valence-corrected chi connectivity index (χ1v) is 7.78. The van der Waals surface area contributed by atoms with Crippen LogP contribution in [0.15, 0.2) is 18.2 Å². The van der Waals surface area contributed by atoms with Crippen LogP contribution in [0.3, 0.4) is 0 Å². The summed E-state index contributed by atoms with van der Waals surface area (Å²) in [5, 5.41) is 5.41. The van der Waals surface area contributed by atoms with Gasteiger partial charge in [-0.15, -0.1) is 0 Å². The van der Waals surface area contributed by atoms with Crippen molar-refractivity contribution in [3.8, 4) is 0 Å². The van der Waals surface area contributed by atoms with Gasteiger partial charge in [-0.1, -0.05) is 31.5 Å². The van der Waals surface area contributed by atoms with Crippen molar-refractivity contribution in [2.75, 3.05) is 26.0 Å². The highest BCUT2D eigenvalue weighted by atomic mass is 16.2. The van der Waals surface area contributed by atoms with Crippen molar-refractivity contribution >= 4 is 17.5 Å². The van der Waals surface area contributed by atoms with Crippen molar-refractivity contribution < 1.29 is 9.59 Å². The Morgan fingerprint density at radius 3 is 2.48 bits per heavy atom. The quantitative estimate of drug-likeness (QED) is 0.702. The Balaban J connectivity index is 2.65. The molecule has 0 heterocycles. The van der Waals surface area contributed by atoms with E-state index in [-0.39, 0.29) is 24.3 Å². The molecule has 0 aliphatic rings. The molecule has 0 fully saturated rings. The van der Waals surface area contributed by atoms with Gasteiger partial charge in [0.15, 0.2) is 0 Å². The van der Waals surface area contributed by atoms with Crippen molar-refractivity contribution in [1.29, 1.82) is 0 Å². The molecule has 1 aromatic carbocycles. The number of benzene rings is 1. The summed E-state index contributed by atoms with van der Waals surface area (Å²) >= 11 is 0. The third-order valence-electron chi connectivity index (χ3n) is 3.47. The molecule has 0 saturated carbocycles. The Morgan fingerprint density at radius 2 is 1.91 bits per heavy atom. The predicted octanol–water partition coefficient (Wildman–Crippen LogP) is 1.09. The number of nitrogens with one attached hydrogen (secondary N) is 2. The molecule has 0 radical (unpaired) electrons. The minimum absolute atomic E-state index is 0.0295. The van der Waals surface area contributed by atoms with Crippen LogP contribution in [0.2, 0.25) is 0 Å². The van der Waals surface area contributed by atoms with E-state index in [0.717, 1.165) is 23.4 Å². The molecule has 6 nitrogen and oxygen atoms in total. The molecular weight excluding hydrogens is 292 g/mol. The van der Waals surface area contributed by atoms with E-state index in [1.54, 1.807) is 0 Å². The van der Waals surface area contributed by atoms with E-state index in [4.69, 9.17) is 5.73 Å². The Kier molecular flexibility index (Phi) is 7.19. The highest BCUT2D eigenvalue weighted by molar-refractivity contribution is 5.95. The maximum atomic E-state index is 12.1. The number of nitrogens with zero attached hydrogens (tertiary/aromatic N) is 1. The number of carbonyl (C=O) groups excluding carboxylic acids is 2. The molecule has 0 saturated heterocycles. The largest absolute Gasteiger partial charge is 0.346 e. The maximum Gasteiger partial charge on any atom is 0.243 e. The molecule has 1 rings (SSSR count). The first-order valence-electron chi connectivity index (χ1n) is 7.78. The van der Waals surface area contributed by atoms with Gasteiger partial charge >= 0.3 is 0 Å². The van der Waals surface area contributed by atoms with Crippen LogP contribution >= 0.6 is 0 Å². The number of rotatable bonds is 7. The normalized spacial score (nSPS) is 12.3. The van der Waals surface area contributed by atoms with Crippen molar-refractivity contribution in [2.24, 2.45) is 11.7 Å². The van der Waals surface area contributed by atoms with Crippen LogP contribution in [0.4, 0.5) is 5.69 Å². The third-order valence-corrected chi connectivity index (χ3v) is 3.47. The summed E-state index contributed by atoms with van der Waals surface area (Å²) in [7, 11) is 3.95. The lowest BCUT2D eigenvalue weighted by molar-refractivity contribution is -0.125. The molecule has 128 valence electrons. The van der Waals surface area contributed by atoms with E-state index in [2.05, 4.69) is 10.6 Å². The van der Waals surface area contributed by atoms with Gasteiger partial charge in [-0.25, -0.2) is 0 Å². The molecule has 0 spiro atoms. The van der Waals surface area contributed by atoms with E-state index in [9.17, 15) is 9.59 Å². The van der Waals surface area contributed by atoms with Gasteiger partial charge in [-0.2, -0.15) is 0 Å². The van der Waals surface area contributed by atoms with Crippen LogP contribution in [-0.4, -0.2) is 43.4 Å². The lowest BCUT2D eigenvalue weighted by atomic mass is 10.1. The summed E-state index contributed by atoms with van der Waals surface area (Å²) in [4.78, 5) is 25.9. The van der Waals surface area contributed by atoms with Gasteiger partial charge in [0.2, 0.25) is 11.8 Å². The second-order valence-electron chi connectivity index (χ2n) is 6.43. The standard InChI is InChI=1S/C17H28N4O2/c1-11(2)16(18)17(23)19-9-15(22)20-14-7-6-12(3)8-13(14)10-21(4)5/h6-8,11,16H,9-10,18H2,1-5H3,(H,19,23)(H,20,22)/t16-/m0/s1. The molecule has 2 amide bonds. The molecule has 0 aromatic heterocycles. The fourth-order valence-corrected chi connectivity index (χ4v) is 2.10. The number of carbonyl (C=O) groups is 2. The van der Waals surface area contributed by atoms with Crippen molar-refractivity contribution in [1.82, 2.24) is 10.2 Å². The average molecular weight is 320 g/mol. The number of hydrogen-bond acceptors (Lipinski definition) is 4. The average Bonchev–Trinajstić information content (AvgIpc) is 2.46. The number of aryl methyl sites for hydroxylation is 1. The minimum Gasteiger partial charge on any atom is -0.346 e. The Hall–Kier alpha value is -1.92. The SMILES string of the molecule is Cc1ccc(NC(=O)CNC(=O)[C@@H](N)C(C)C)c(CN(C)C)c1. The van der Waals surface area contributed by atoms with E-state index in [1.165, 1.54) is 0 Å². The zero-order chi connectivity index (χ0) is 17.6. The lowest BCUT2D eigenvalue weighted by Gasteiger charge is -2.17. The van der Waals surface area contributed by atoms with Gasteiger partial charge in [0.05, 0.1) is 12.6 Å². The van der Waals surface area contributed by atoms with Crippen molar-refractivity contribution in [3.05, 3.63) is 29.3 Å². The zero-order valence-electron chi connectivity index (χ0n) is 14.6. The minimum atomic E-state index is -0.605. The highest BCUT2D eigenvalue weighted by Gasteiger charge is 2.17. The Morgan fingerprint density at radius 1 is 1.26 bits per heavy atom. The topological polar surface area (TPSA) is 87.5 Å². The van der Waals surface area contributed by atoms with Gasteiger partial charge < -0.3 is 21.3 Å². The van der Waals surface area contributed by atoms with Crippen LogP contribution < -0.4 is 16.4 Å². The van der Waals surface area contributed by atoms with E-state index in [1.807, 2.05) is 58.0 Å². The molecule has 23 heavy (non-hydrogen) atoms. The van der Waals surface area contributed by atoms with Gasteiger partial charge in [0.25, 0.3) is 0 Å². The van der Waals surface area contributed by atoms with Gasteiger partial charge in [0, 0.05) is 12.2 Å². The van der Waals surface area contributed by atoms with Gasteiger partial charge in [0.1, 0.15) is 0 Å². The molecule has 0 unspecified atom stereocenters. The van der Waals surface area contributed by atoms with Crippen LogP contribution in [0.1, 0.15) is 25.0 Å². The number of amides is 2. The molecule has 4 N–H and O–H groups in total. The zero-order valence-corrected chi connectivity index (χ0v) is 14.6. The third kappa shape index (κ3) is 6.38. The van der Waals surface area contributed by atoms with Gasteiger partial charge in [-0.3, -0.25) is 9.59 Å². The number of nitrogens with two attached hydrogens (primary N) is 1. The summed E-state index contributed by atoms with van der Waals surface area (Å²) in [5.74, 6) is -0.549. The Labute approximate surface area is 138 Å². The number of hydrogen-bond donors (Lipinski definition) is 3. The lowest BCUT2D eigenvalue weighted by Crippen LogP contribution is -2.46. The van der Waals surface area contributed by atoms with Crippen LogP contribution in [0.25, 0.3) is 0 Å². The molecule has 0 bridgehead atoms. The molecule has 0 aliphatic heterocycles. The smallest absolute Gasteiger partial charge is 0.243 e.